The number of halogens is 1. The van der Waals surface area contributed by atoms with Crippen LogP contribution >= 0.6 is 33.9 Å². The molecular weight excluding hydrogens is 271 g/mol. The molecule has 58 valence electrons. The van der Waals surface area contributed by atoms with E-state index < -0.39 is 0 Å². The Kier molecular flexibility index (Phi) is 3.71. The molecule has 2 heterocycles. The zero-order chi connectivity index (χ0) is 8.10. The monoisotopic (exact) mass is 278 g/mol. The average molecular weight is 278 g/mol. The van der Waals surface area contributed by atoms with Crippen molar-refractivity contribution in [3.8, 4) is 0 Å². The first-order chi connectivity index (χ1) is 5.47. The Bertz CT molecular complexity index is 290. The minimum absolute atomic E-state index is 1.18. The van der Waals surface area contributed by atoms with Crippen LogP contribution in [0, 0.1) is 0 Å². The molecule has 0 bridgehead atoms. The van der Waals surface area contributed by atoms with E-state index in [1.807, 2.05) is 4.93 Å². The third-order valence-electron chi connectivity index (χ3n) is 1.18. The maximum atomic E-state index is 3.74. The molecule has 11 heavy (non-hydrogen) atoms. The minimum atomic E-state index is 1.18. The van der Waals surface area contributed by atoms with Crippen LogP contribution in [0.1, 0.15) is 0 Å². The van der Waals surface area contributed by atoms with Crippen LogP contribution < -0.4 is 0 Å². The van der Waals surface area contributed by atoms with Gasteiger partial charge in [0.25, 0.3) is 0 Å². The third-order valence-corrected chi connectivity index (χ3v) is 1.96. The van der Waals surface area contributed by atoms with Gasteiger partial charge in [0.2, 0.25) is 0 Å². The lowest BCUT2D eigenvalue weighted by molar-refractivity contribution is 1.05. The molecule has 0 atom stereocenters. The predicted molar refractivity (Wildman–Crippen MR) is 57.4 cm³/mol. The Labute approximate surface area is 82.8 Å². The summed E-state index contributed by atoms with van der Waals surface area (Å²) in [6.07, 6.45) is 3.54. The SMILES string of the molecule is CI.c1nncc2cscc12. The van der Waals surface area contributed by atoms with E-state index in [-0.39, 0.29) is 0 Å². The molecule has 2 aromatic rings. The van der Waals surface area contributed by atoms with Gasteiger partial charge in [-0.05, 0) is 4.93 Å². The Balaban J connectivity index is 0.000000281. The largest absolute Gasteiger partial charge is 0.158 e. The van der Waals surface area contributed by atoms with Crippen LogP contribution in [-0.2, 0) is 0 Å². The van der Waals surface area contributed by atoms with Crippen LogP contribution in [0.5, 0.6) is 0 Å². The van der Waals surface area contributed by atoms with Gasteiger partial charge in [-0.25, -0.2) is 0 Å². The van der Waals surface area contributed by atoms with Crippen LogP contribution in [-0.4, -0.2) is 15.1 Å². The molecule has 0 aromatic carbocycles. The van der Waals surface area contributed by atoms with Crippen molar-refractivity contribution in [2.24, 2.45) is 0 Å². The Morgan fingerprint density at radius 1 is 1.09 bits per heavy atom. The molecule has 0 spiro atoms. The number of aromatic nitrogens is 2. The number of fused-ring (bicyclic) bond motifs is 1. The number of thiophene rings is 1. The maximum absolute atomic E-state index is 3.74. The van der Waals surface area contributed by atoms with Gasteiger partial charge in [-0.15, -0.1) is 0 Å². The fourth-order valence-corrected chi connectivity index (χ4v) is 1.47. The van der Waals surface area contributed by atoms with E-state index in [1.165, 1.54) is 10.8 Å². The first kappa shape index (κ1) is 8.86. The quantitative estimate of drug-likeness (QED) is 0.547. The van der Waals surface area contributed by atoms with Crippen LogP contribution in [0.25, 0.3) is 10.8 Å². The lowest BCUT2D eigenvalue weighted by Gasteiger charge is -1.80. The summed E-state index contributed by atoms with van der Waals surface area (Å²) >= 11 is 3.82. The fourth-order valence-electron chi connectivity index (χ4n) is 0.718. The molecule has 4 heteroatoms. The number of hydrogen-bond acceptors (Lipinski definition) is 3. The highest BCUT2D eigenvalue weighted by atomic mass is 127. The molecular formula is C7H7IN2S. The van der Waals surface area contributed by atoms with Crippen LogP contribution in [0.4, 0.5) is 0 Å². The van der Waals surface area contributed by atoms with E-state index in [4.69, 9.17) is 0 Å². The lowest BCUT2D eigenvalue weighted by Crippen LogP contribution is -1.73. The molecule has 2 aromatic heterocycles. The summed E-state index contributed by atoms with van der Waals surface area (Å²) < 4.78 is 0. The average Bonchev–Trinajstić information content (AvgIpc) is 2.55. The molecule has 0 saturated heterocycles. The molecule has 0 fully saturated rings. The number of alkyl halides is 1. The first-order valence-corrected chi connectivity index (χ1v) is 6.07. The molecule has 0 N–H and O–H groups in total. The minimum Gasteiger partial charge on any atom is -0.158 e. The van der Waals surface area contributed by atoms with Crippen molar-refractivity contribution in [3.05, 3.63) is 23.2 Å². The lowest BCUT2D eigenvalue weighted by atomic mass is 10.3. The molecule has 0 aliphatic carbocycles. The third kappa shape index (κ3) is 2.10. The summed E-state index contributed by atoms with van der Waals surface area (Å²) in [6.45, 7) is 0. The topological polar surface area (TPSA) is 25.8 Å². The first-order valence-electron chi connectivity index (χ1n) is 2.97. The number of nitrogens with zero attached hydrogens (tertiary/aromatic N) is 2. The molecule has 0 unspecified atom stereocenters. The molecule has 0 radical (unpaired) electrons. The van der Waals surface area contributed by atoms with E-state index in [0.29, 0.717) is 0 Å². The summed E-state index contributed by atoms with van der Waals surface area (Å²) in [6, 6.07) is 0. The second kappa shape index (κ2) is 4.61. The van der Waals surface area contributed by atoms with Crippen molar-refractivity contribution < 1.29 is 0 Å². The Hall–Kier alpha value is -0.230. The van der Waals surface area contributed by atoms with E-state index in [0.717, 1.165) is 0 Å². The highest BCUT2D eigenvalue weighted by Gasteiger charge is 1.89. The fraction of sp³-hybridized carbons (Fsp3) is 0.143. The molecule has 2 nitrogen and oxygen atoms in total. The number of hydrogen-bond donors (Lipinski definition) is 0. The van der Waals surface area contributed by atoms with Gasteiger partial charge in [-0.1, -0.05) is 22.6 Å². The molecule has 0 aliphatic heterocycles. The van der Waals surface area contributed by atoms with Gasteiger partial charge in [0.15, 0.2) is 0 Å². The summed E-state index contributed by atoms with van der Waals surface area (Å²) in [5, 5.41) is 14.0. The summed E-state index contributed by atoms with van der Waals surface area (Å²) in [4.78, 5) is 1.97. The van der Waals surface area contributed by atoms with Gasteiger partial charge in [-0.2, -0.15) is 21.5 Å². The Morgan fingerprint density at radius 3 is 2.00 bits per heavy atom. The molecule has 0 amide bonds. The van der Waals surface area contributed by atoms with Crippen LogP contribution in [0.3, 0.4) is 0 Å². The van der Waals surface area contributed by atoms with Gasteiger partial charge in [-0.3, -0.25) is 0 Å². The van der Waals surface area contributed by atoms with E-state index in [2.05, 4.69) is 43.5 Å². The number of rotatable bonds is 0. The summed E-state index contributed by atoms with van der Waals surface area (Å²) in [7, 11) is 0. The highest BCUT2D eigenvalue weighted by molar-refractivity contribution is 14.1. The second-order valence-corrected chi connectivity index (χ2v) is 2.52. The van der Waals surface area contributed by atoms with Gasteiger partial charge < -0.3 is 0 Å². The van der Waals surface area contributed by atoms with Gasteiger partial charge in [0, 0.05) is 21.5 Å². The summed E-state index contributed by atoms with van der Waals surface area (Å²) in [5.74, 6) is 0. The van der Waals surface area contributed by atoms with Gasteiger partial charge in [0.1, 0.15) is 0 Å². The standard InChI is InChI=1S/C6H4N2S.CH3I/c1-5-3-9-4-6(5)2-8-7-1;1-2/h1-4H;1H3. The van der Waals surface area contributed by atoms with Crippen molar-refractivity contribution in [3.63, 3.8) is 0 Å². The normalized spacial score (nSPS) is 8.91. The van der Waals surface area contributed by atoms with E-state index in [9.17, 15) is 0 Å². The predicted octanol–water partition coefficient (Wildman–Crippen LogP) is 2.74. The zero-order valence-corrected chi connectivity index (χ0v) is 8.96. The maximum Gasteiger partial charge on any atom is 0.0583 e. The second-order valence-electron chi connectivity index (χ2n) is 1.77. The van der Waals surface area contributed by atoms with Gasteiger partial charge in [0.05, 0.1) is 12.4 Å². The van der Waals surface area contributed by atoms with Crippen LogP contribution in [0.2, 0.25) is 0 Å². The van der Waals surface area contributed by atoms with Crippen molar-refractivity contribution in [2.45, 2.75) is 0 Å². The van der Waals surface area contributed by atoms with Gasteiger partial charge >= 0.3 is 0 Å². The molecule has 0 aliphatic rings. The van der Waals surface area contributed by atoms with Crippen molar-refractivity contribution in [2.75, 3.05) is 4.93 Å². The van der Waals surface area contributed by atoms with Crippen molar-refractivity contribution in [1.29, 1.82) is 0 Å². The zero-order valence-electron chi connectivity index (χ0n) is 5.99. The van der Waals surface area contributed by atoms with Crippen molar-refractivity contribution >= 4 is 44.7 Å². The van der Waals surface area contributed by atoms with E-state index >= 15 is 0 Å². The van der Waals surface area contributed by atoms with Crippen molar-refractivity contribution in [1.82, 2.24) is 10.2 Å². The van der Waals surface area contributed by atoms with E-state index in [1.54, 1.807) is 23.7 Å². The summed E-state index contributed by atoms with van der Waals surface area (Å²) in [5.41, 5.74) is 0. The van der Waals surface area contributed by atoms with Crippen LogP contribution in [0.15, 0.2) is 23.2 Å². The molecule has 0 saturated carbocycles. The highest BCUT2D eigenvalue weighted by Crippen LogP contribution is 2.14. The Morgan fingerprint density at radius 2 is 1.55 bits per heavy atom. The molecule has 2 rings (SSSR count). The smallest absolute Gasteiger partial charge is 0.0583 e.